The first-order chi connectivity index (χ1) is 33.2. The summed E-state index contributed by atoms with van der Waals surface area (Å²) >= 11 is 1.86. The molecule has 314 valence electrons. The number of hydrogen-bond donors (Lipinski definition) is 0. The monoisotopic (exact) mass is 869 g/mol. The second-order valence-corrected chi connectivity index (χ2v) is 18.7. The van der Waals surface area contributed by atoms with E-state index in [1.807, 2.05) is 11.3 Å². The van der Waals surface area contributed by atoms with Crippen molar-refractivity contribution in [1.29, 1.82) is 0 Å². The summed E-state index contributed by atoms with van der Waals surface area (Å²) in [5, 5.41) is 5.14. The number of fused-ring (bicyclic) bond motifs is 7. The van der Waals surface area contributed by atoms with Crippen LogP contribution in [0.1, 0.15) is 22.3 Å². The molecule has 0 fully saturated rings. The van der Waals surface area contributed by atoms with E-state index >= 15 is 0 Å². The number of nitrogens with zero attached hydrogens (tertiary/aromatic N) is 1. The van der Waals surface area contributed by atoms with Gasteiger partial charge in [0.2, 0.25) is 0 Å². The van der Waals surface area contributed by atoms with Crippen molar-refractivity contribution in [2.45, 2.75) is 5.41 Å². The molecule has 13 rings (SSSR count). The molecule has 0 radical (unpaired) electrons. The lowest BCUT2D eigenvalue weighted by atomic mass is 9.67. The quantitative estimate of drug-likeness (QED) is 0.147. The first kappa shape index (κ1) is 39.1. The largest absolute Gasteiger partial charge is 0.310 e. The average Bonchev–Trinajstić information content (AvgIpc) is 3.93. The number of benzene rings is 11. The van der Waals surface area contributed by atoms with Crippen molar-refractivity contribution in [2.24, 2.45) is 0 Å². The zero-order valence-corrected chi connectivity index (χ0v) is 37.5. The maximum absolute atomic E-state index is 2.46. The van der Waals surface area contributed by atoms with Gasteiger partial charge in [0.05, 0.1) is 5.41 Å². The second kappa shape index (κ2) is 16.0. The summed E-state index contributed by atoms with van der Waals surface area (Å²) in [7, 11) is 0. The lowest BCUT2D eigenvalue weighted by Gasteiger charge is -2.35. The van der Waals surface area contributed by atoms with Gasteiger partial charge in [-0.25, -0.2) is 0 Å². The molecule has 0 atom stereocenters. The Morgan fingerprint density at radius 1 is 0.284 bits per heavy atom. The summed E-state index contributed by atoms with van der Waals surface area (Å²) in [6, 6.07) is 96.4. The van der Waals surface area contributed by atoms with E-state index in [9.17, 15) is 0 Å². The fourth-order valence-electron chi connectivity index (χ4n) is 10.9. The van der Waals surface area contributed by atoms with Gasteiger partial charge in [-0.05, 0) is 138 Å². The zero-order valence-electron chi connectivity index (χ0n) is 36.7. The first-order valence-corrected chi connectivity index (χ1v) is 23.9. The predicted octanol–water partition coefficient (Wildman–Crippen LogP) is 18.0. The highest BCUT2D eigenvalue weighted by molar-refractivity contribution is 7.25. The minimum absolute atomic E-state index is 0.511. The number of rotatable bonds is 8. The van der Waals surface area contributed by atoms with Crippen molar-refractivity contribution >= 4 is 59.3 Å². The standard InChI is InChI=1S/C65H43NS/c1-3-19-50(20-4-1)65(51-21-5-2-6-22-51)61-27-11-9-24-57(61)58-39-38-54(43-62(58)65)66(53-36-31-45(32-37-53)48-33-40-64-60(42-48)59-25-10-12-28-63(59)67-64)52-34-29-44(30-35-52)47-17-13-18-49(41-47)56-26-14-16-46-15-7-8-23-55(46)56/h1-43H. The Balaban J connectivity index is 0.956. The third-order valence-corrected chi connectivity index (χ3v) is 15.1. The van der Waals surface area contributed by atoms with Crippen LogP contribution in [0.2, 0.25) is 0 Å². The van der Waals surface area contributed by atoms with E-state index < -0.39 is 5.41 Å². The smallest absolute Gasteiger partial charge is 0.0714 e. The summed E-state index contributed by atoms with van der Waals surface area (Å²) in [5.74, 6) is 0. The van der Waals surface area contributed by atoms with Gasteiger partial charge < -0.3 is 4.90 Å². The van der Waals surface area contributed by atoms with E-state index in [1.54, 1.807) is 0 Å². The van der Waals surface area contributed by atoms with Gasteiger partial charge in [-0.2, -0.15) is 0 Å². The SMILES string of the molecule is c1ccc(C2(c3ccccc3)c3ccccc3-c3ccc(N(c4ccc(-c5cccc(-c6cccc7ccccc67)c5)cc4)c4ccc(-c5ccc6sc7ccccc7c6c5)cc4)cc32)cc1. The van der Waals surface area contributed by atoms with E-state index in [4.69, 9.17) is 0 Å². The van der Waals surface area contributed by atoms with Gasteiger partial charge in [-0.15, -0.1) is 11.3 Å². The highest BCUT2D eigenvalue weighted by atomic mass is 32.1. The van der Waals surface area contributed by atoms with E-state index in [2.05, 4.69) is 266 Å². The summed E-state index contributed by atoms with van der Waals surface area (Å²) < 4.78 is 2.64. The minimum atomic E-state index is -0.511. The topological polar surface area (TPSA) is 3.24 Å². The molecule has 0 N–H and O–H groups in total. The molecule has 0 saturated heterocycles. The third-order valence-electron chi connectivity index (χ3n) is 14.0. The van der Waals surface area contributed by atoms with Crippen LogP contribution in [-0.4, -0.2) is 0 Å². The van der Waals surface area contributed by atoms with Gasteiger partial charge >= 0.3 is 0 Å². The molecule has 0 saturated carbocycles. The van der Waals surface area contributed by atoms with Crippen LogP contribution in [0.3, 0.4) is 0 Å². The fourth-order valence-corrected chi connectivity index (χ4v) is 12.0. The normalized spacial score (nSPS) is 12.6. The van der Waals surface area contributed by atoms with Crippen LogP contribution in [-0.2, 0) is 5.41 Å². The molecule has 12 aromatic rings. The summed E-state index contributed by atoms with van der Waals surface area (Å²) in [5.41, 5.74) is 17.7. The molecule has 0 bridgehead atoms. The molecular weight excluding hydrogens is 827 g/mol. The van der Waals surface area contributed by atoms with E-state index in [0.29, 0.717) is 0 Å². The number of anilines is 3. The summed E-state index contributed by atoms with van der Waals surface area (Å²) in [4.78, 5) is 2.43. The maximum atomic E-state index is 2.46. The van der Waals surface area contributed by atoms with Crippen LogP contribution in [0, 0.1) is 0 Å². The maximum Gasteiger partial charge on any atom is 0.0714 e. The highest BCUT2D eigenvalue weighted by Gasteiger charge is 2.46. The van der Waals surface area contributed by atoms with Gasteiger partial charge in [0, 0.05) is 37.2 Å². The molecule has 67 heavy (non-hydrogen) atoms. The second-order valence-electron chi connectivity index (χ2n) is 17.6. The highest BCUT2D eigenvalue weighted by Crippen LogP contribution is 2.57. The van der Waals surface area contributed by atoms with Crippen LogP contribution in [0.4, 0.5) is 17.1 Å². The zero-order chi connectivity index (χ0) is 44.3. The Morgan fingerprint density at radius 2 is 0.806 bits per heavy atom. The van der Waals surface area contributed by atoms with E-state index in [0.717, 1.165) is 17.1 Å². The van der Waals surface area contributed by atoms with Crippen molar-refractivity contribution in [3.05, 3.63) is 283 Å². The first-order valence-electron chi connectivity index (χ1n) is 23.1. The summed E-state index contributed by atoms with van der Waals surface area (Å²) in [6.45, 7) is 0. The molecule has 0 amide bonds. The van der Waals surface area contributed by atoms with Gasteiger partial charge in [0.25, 0.3) is 0 Å². The predicted molar refractivity (Wildman–Crippen MR) is 285 cm³/mol. The molecule has 2 heteroatoms. The molecule has 0 unspecified atom stereocenters. The fraction of sp³-hybridized carbons (Fsp3) is 0.0154. The molecule has 1 heterocycles. The number of thiophene rings is 1. The number of hydrogen-bond acceptors (Lipinski definition) is 2. The van der Waals surface area contributed by atoms with Crippen molar-refractivity contribution < 1.29 is 0 Å². The average molecular weight is 870 g/mol. The molecule has 0 spiro atoms. The van der Waals surface area contributed by atoms with Crippen LogP contribution in [0.25, 0.3) is 75.5 Å². The van der Waals surface area contributed by atoms with Gasteiger partial charge in [0.1, 0.15) is 0 Å². The van der Waals surface area contributed by atoms with Gasteiger partial charge in [0.15, 0.2) is 0 Å². The molecule has 1 aliphatic carbocycles. The van der Waals surface area contributed by atoms with Crippen LogP contribution in [0.15, 0.2) is 261 Å². The van der Waals surface area contributed by atoms with E-state index in [1.165, 1.54) is 97.7 Å². The minimum Gasteiger partial charge on any atom is -0.310 e. The molecule has 11 aromatic carbocycles. The Hall–Kier alpha value is -8.30. The Bertz CT molecular complexity index is 3750. The molecule has 0 aliphatic heterocycles. The lowest BCUT2D eigenvalue weighted by molar-refractivity contribution is 0.768. The van der Waals surface area contributed by atoms with Crippen LogP contribution >= 0.6 is 11.3 Å². The Labute approximate surface area is 395 Å². The lowest BCUT2D eigenvalue weighted by Crippen LogP contribution is -2.28. The Morgan fingerprint density at radius 3 is 1.55 bits per heavy atom. The molecule has 1 nitrogen and oxygen atoms in total. The molecule has 1 aliphatic rings. The van der Waals surface area contributed by atoms with Crippen molar-refractivity contribution in [2.75, 3.05) is 4.90 Å². The van der Waals surface area contributed by atoms with Gasteiger partial charge in [-0.1, -0.05) is 200 Å². The van der Waals surface area contributed by atoms with Crippen molar-refractivity contribution in [1.82, 2.24) is 0 Å². The van der Waals surface area contributed by atoms with Crippen LogP contribution in [0.5, 0.6) is 0 Å². The van der Waals surface area contributed by atoms with Gasteiger partial charge in [-0.3, -0.25) is 0 Å². The summed E-state index contributed by atoms with van der Waals surface area (Å²) in [6.07, 6.45) is 0. The van der Waals surface area contributed by atoms with Crippen LogP contribution < -0.4 is 4.90 Å². The third kappa shape index (κ3) is 6.44. The van der Waals surface area contributed by atoms with Crippen molar-refractivity contribution in [3.8, 4) is 44.5 Å². The Kier molecular flexibility index (Phi) is 9.33. The molecular formula is C65H43NS. The van der Waals surface area contributed by atoms with E-state index in [-0.39, 0.29) is 0 Å². The van der Waals surface area contributed by atoms with Crippen molar-refractivity contribution in [3.63, 3.8) is 0 Å². The molecule has 1 aromatic heterocycles.